The lowest BCUT2D eigenvalue weighted by Gasteiger charge is -2.20. The van der Waals surface area contributed by atoms with Gasteiger partial charge in [0, 0.05) is 10.0 Å². The first-order chi connectivity index (χ1) is 8.99. The highest BCUT2D eigenvalue weighted by atomic mass is 79.9. The van der Waals surface area contributed by atoms with Crippen LogP contribution >= 0.6 is 15.9 Å². The van der Waals surface area contributed by atoms with Gasteiger partial charge in [0.05, 0.1) is 17.8 Å². The third kappa shape index (κ3) is 5.50. The zero-order chi connectivity index (χ0) is 15.6. The van der Waals surface area contributed by atoms with Crippen LogP contribution in [-0.4, -0.2) is 18.0 Å². The number of anilines is 1. The zero-order valence-electron chi connectivity index (χ0n) is 11.4. The van der Waals surface area contributed by atoms with Crippen molar-refractivity contribution in [2.45, 2.75) is 32.5 Å². The van der Waals surface area contributed by atoms with E-state index in [1.807, 2.05) is 20.8 Å². The SMILES string of the molecule is CC(C)(C)NCC(=O)Nc1ccc(Br)cc1C(F)(F)F. The molecule has 1 amide bonds. The molecule has 3 nitrogen and oxygen atoms in total. The average Bonchev–Trinajstić information content (AvgIpc) is 2.26. The van der Waals surface area contributed by atoms with E-state index >= 15 is 0 Å². The number of carbonyl (C=O) groups is 1. The Morgan fingerprint density at radius 3 is 2.35 bits per heavy atom. The van der Waals surface area contributed by atoms with Gasteiger partial charge in [0.25, 0.3) is 0 Å². The maximum atomic E-state index is 12.9. The lowest BCUT2D eigenvalue weighted by atomic mass is 10.1. The van der Waals surface area contributed by atoms with Crippen LogP contribution in [-0.2, 0) is 11.0 Å². The Bertz CT molecular complexity index is 495. The largest absolute Gasteiger partial charge is 0.418 e. The van der Waals surface area contributed by atoms with Crippen molar-refractivity contribution in [3.05, 3.63) is 28.2 Å². The first-order valence-electron chi connectivity index (χ1n) is 5.91. The summed E-state index contributed by atoms with van der Waals surface area (Å²) in [6, 6.07) is 3.61. The van der Waals surface area contributed by atoms with Crippen LogP contribution in [0.5, 0.6) is 0 Å². The molecular formula is C13H16BrF3N2O. The molecule has 7 heteroatoms. The molecule has 0 aliphatic carbocycles. The molecule has 0 aliphatic heterocycles. The standard InChI is InChI=1S/C13H16BrF3N2O/c1-12(2,3)18-7-11(20)19-10-5-4-8(14)6-9(10)13(15,16)17/h4-6,18H,7H2,1-3H3,(H,19,20). The normalized spacial score (nSPS) is 12.3. The van der Waals surface area contributed by atoms with E-state index in [9.17, 15) is 18.0 Å². The van der Waals surface area contributed by atoms with E-state index in [1.165, 1.54) is 12.1 Å². The molecule has 0 spiro atoms. The van der Waals surface area contributed by atoms with Crippen LogP contribution in [0.25, 0.3) is 0 Å². The molecule has 0 aliphatic rings. The first kappa shape index (κ1) is 17.0. The third-order valence-electron chi connectivity index (χ3n) is 2.34. The van der Waals surface area contributed by atoms with E-state index in [0.29, 0.717) is 4.47 Å². The van der Waals surface area contributed by atoms with Gasteiger partial charge in [-0.15, -0.1) is 0 Å². The number of carbonyl (C=O) groups excluding carboxylic acids is 1. The summed E-state index contributed by atoms with van der Waals surface area (Å²) in [5.74, 6) is -0.521. The quantitative estimate of drug-likeness (QED) is 0.868. The second kappa shape index (κ2) is 6.13. The maximum Gasteiger partial charge on any atom is 0.418 e. The minimum atomic E-state index is -4.52. The third-order valence-corrected chi connectivity index (χ3v) is 2.83. The van der Waals surface area contributed by atoms with Gasteiger partial charge in [-0.3, -0.25) is 4.79 Å². The van der Waals surface area contributed by atoms with Crippen LogP contribution < -0.4 is 10.6 Å². The van der Waals surface area contributed by atoms with E-state index < -0.39 is 17.6 Å². The van der Waals surface area contributed by atoms with Crippen LogP contribution in [0.1, 0.15) is 26.3 Å². The lowest BCUT2D eigenvalue weighted by Crippen LogP contribution is -2.41. The summed E-state index contributed by atoms with van der Waals surface area (Å²) >= 11 is 2.99. The number of halogens is 4. The second-order valence-corrected chi connectivity index (χ2v) is 6.26. The predicted octanol–water partition coefficient (Wildman–Crippen LogP) is 3.79. The minimum absolute atomic E-state index is 0.0587. The van der Waals surface area contributed by atoms with Crippen LogP contribution in [0.4, 0.5) is 18.9 Å². The van der Waals surface area contributed by atoms with Crippen LogP contribution in [0.2, 0.25) is 0 Å². The van der Waals surface area contributed by atoms with Gasteiger partial charge in [0.1, 0.15) is 0 Å². The van der Waals surface area contributed by atoms with E-state index in [0.717, 1.165) is 6.07 Å². The molecule has 2 N–H and O–H groups in total. The molecule has 1 rings (SSSR count). The van der Waals surface area contributed by atoms with Gasteiger partial charge in [-0.05, 0) is 39.0 Å². The fourth-order valence-corrected chi connectivity index (χ4v) is 1.76. The Morgan fingerprint density at radius 1 is 1.25 bits per heavy atom. The molecule has 0 heterocycles. The van der Waals surface area contributed by atoms with Gasteiger partial charge in [-0.25, -0.2) is 0 Å². The van der Waals surface area contributed by atoms with Gasteiger partial charge < -0.3 is 10.6 Å². The number of hydrogen-bond acceptors (Lipinski definition) is 2. The fourth-order valence-electron chi connectivity index (χ4n) is 1.40. The molecule has 0 radical (unpaired) electrons. The van der Waals surface area contributed by atoms with E-state index in [1.54, 1.807) is 0 Å². The maximum absolute atomic E-state index is 12.9. The number of benzene rings is 1. The number of nitrogens with one attached hydrogen (secondary N) is 2. The second-order valence-electron chi connectivity index (χ2n) is 5.34. The van der Waals surface area contributed by atoms with Gasteiger partial charge in [-0.2, -0.15) is 13.2 Å². The Morgan fingerprint density at radius 2 is 1.85 bits per heavy atom. The zero-order valence-corrected chi connectivity index (χ0v) is 12.9. The van der Waals surface area contributed by atoms with Gasteiger partial charge in [0.2, 0.25) is 5.91 Å². The summed E-state index contributed by atoms with van der Waals surface area (Å²) in [4.78, 5) is 11.7. The summed E-state index contributed by atoms with van der Waals surface area (Å²) < 4.78 is 38.9. The molecule has 1 aromatic rings. The number of hydrogen-bond donors (Lipinski definition) is 2. The minimum Gasteiger partial charge on any atom is -0.324 e. The van der Waals surface area contributed by atoms with Crippen molar-refractivity contribution >= 4 is 27.5 Å². The summed E-state index contributed by atoms with van der Waals surface area (Å²) in [6.45, 7) is 5.53. The van der Waals surface area contributed by atoms with Gasteiger partial charge in [-0.1, -0.05) is 15.9 Å². The highest BCUT2D eigenvalue weighted by molar-refractivity contribution is 9.10. The fraction of sp³-hybridized carbons (Fsp3) is 0.462. The van der Waals surface area contributed by atoms with Crippen molar-refractivity contribution in [2.75, 3.05) is 11.9 Å². The van der Waals surface area contributed by atoms with E-state index in [-0.39, 0.29) is 17.8 Å². The number of alkyl halides is 3. The Hall–Kier alpha value is -1.08. The number of amides is 1. The molecule has 0 fully saturated rings. The molecule has 0 unspecified atom stereocenters. The summed E-state index contributed by atoms with van der Waals surface area (Å²) in [5.41, 5.74) is -1.42. The molecule has 1 aromatic carbocycles. The van der Waals surface area contributed by atoms with Crippen molar-refractivity contribution in [1.82, 2.24) is 5.32 Å². The van der Waals surface area contributed by atoms with Gasteiger partial charge in [0.15, 0.2) is 0 Å². The predicted molar refractivity (Wildman–Crippen MR) is 75.5 cm³/mol. The smallest absolute Gasteiger partial charge is 0.324 e. The molecule has 0 saturated carbocycles. The molecule has 0 atom stereocenters. The van der Waals surface area contributed by atoms with Crippen LogP contribution in [0, 0.1) is 0 Å². The first-order valence-corrected chi connectivity index (χ1v) is 6.70. The Kier molecular flexibility index (Phi) is 5.21. The van der Waals surface area contributed by atoms with Crippen molar-refractivity contribution in [3.63, 3.8) is 0 Å². The highest BCUT2D eigenvalue weighted by Crippen LogP contribution is 2.36. The average molecular weight is 353 g/mol. The Balaban J connectivity index is 2.85. The Labute approximate surface area is 124 Å². The van der Waals surface area contributed by atoms with Crippen molar-refractivity contribution in [1.29, 1.82) is 0 Å². The lowest BCUT2D eigenvalue weighted by molar-refractivity contribution is -0.137. The molecule has 112 valence electrons. The van der Waals surface area contributed by atoms with Crippen molar-refractivity contribution in [3.8, 4) is 0 Å². The topological polar surface area (TPSA) is 41.1 Å². The number of rotatable bonds is 3. The van der Waals surface area contributed by atoms with Crippen LogP contribution in [0.15, 0.2) is 22.7 Å². The van der Waals surface area contributed by atoms with Gasteiger partial charge >= 0.3 is 6.18 Å². The van der Waals surface area contributed by atoms with Crippen molar-refractivity contribution in [2.24, 2.45) is 0 Å². The molecule has 0 aromatic heterocycles. The van der Waals surface area contributed by atoms with Crippen LogP contribution in [0.3, 0.4) is 0 Å². The molecule has 0 bridgehead atoms. The molecule has 0 saturated heterocycles. The van der Waals surface area contributed by atoms with E-state index in [2.05, 4.69) is 26.6 Å². The monoisotopic (exact) mass is 352 g/mol. The molecule has 20 heavy (non-hydrogen) atoms. The van der Waals surface area contributed by atoms with Crippen molar-refractivity contribution < 1.29 is 18.0 Å². The summed E-state index contributed by atoms with van der Waals surface area (Å²) in [7, 11) is 0. The van der Waals surface area contributed by atoms with E-state index in [4.69, 9.17) is 0 Å². The highest BCUT2D eigenvalue weighted by Gasteiger charge is 2.34. The summed E-state index contributed by atoms with van der Waals surface area (Å²) in [5, 5.41) is 5.18. The summed E-state index contributed by atoms with van der Waals surface area (Å²) in [6.07, 6.45) is -4.52. The molecular weight excluding hydrogens is 337 g/mol.